The molecule has 0 radical (unpaired) electrons. The molecule has 18 heavy (non-hydrogen) atoms. The van der Waals surface area contributed by atoms with Gasteiger partial charge >= 0.3 is 0 Å². The van der Waals surface area contributed by atoms with Crippen molar-refractivity contribution < 1.29 is 0 Å². The average Bonchev–Trinajstić information content (AvgIpc) is 2.62. The van der Waals surface area contributed by atoms with Gasteiger partial charge in [-0.1, -0.05) is 0 Å². The molecule has 0 aliphatic carbocycles. The molecule has 0 amide bonds. The lowest BCUT2D eigenvalue weighted by Gasteiger charge is -2.09. The normalized spacial score (nSPS) is 10.9. The highest BCUT2D eigenvalue weighted by atomic mass is 15.1. The Bertz CT molecular complexity index is 541. The maximum Gasteiger partial charge on any atom is 0.137 e. The third kappa shape index (κ3) is 2.46. The van der Waals surface area contributed by atoms with Gasteiger partial charge in [0.15, 0.2) is 0 Å². The van der Waals surface area contributed by atoms with Gasteiger partial charge in [-0.05, 0) is 69.5 Å². The highest BCUT2D eigenvalue weighted by molar-refractivity contribution is 5.38. The maximum atomic E-state index is 5.58. The van der Waals surface area contributed by atoms with Crippen molar-refractivity contribution in [2.24, 2.45) is 5.73 Å². The van der Waals surface area contributed by atoms with Crippen LogP contribution in [0.4, 0.5) is 0 Å². The van der Waals surface area contributed by atoms with Crippen LogP contribution in [-0.4, -0.2) is 16.1 Å². The van der Waals surface area contributed by atoms with E-state index in [-0.39, 0.29) is 0 Å². The van der Waals surface area contributed by atoms with Gasteiger partial charge in [0, 0.05) is 17.6 Å². The van der Waals surface area contributed by atoms with Crippen LogP contribution in [0.25, 0.3) is 5.82 Å². The summed E-state index contributed by atoms with van der Waals surface area (Å²) < 4.78 is 2.22. The van der Waals surface area contributed by atoms with Gasteiger partial charge in [-0.3, -0.25) is 0 Å². The number of aromatic nitrogens is 2. The smallest absolute Gasteiger partial charge is 0.137 e. The molecule has 0 aliphatic rings. The first-order valence-corrected chi connectivity index (χ1v) is 6.44. The van der Waals surface area contributed by atoms with Gasteiger partial charge in [-0.15, -0.1) is 0 Å². The van der Waals surface area contributed by atoms with E-state index in [0.29, 0.717) is 0 Å². The second-order valence-electron chi connectivity index (χ2n) is 4.82. The Hall–Kier alpha value is -1.61. The second-order valence-corrected chi connectivity index (χ2v) is 4.82. The third-order valence-corrected chi connectivity index (χ3v) is 3.32. The minimum absolute atomic E-state index is 0.742. The molecule has 0 saturated carbocycles. The van der Waals surface area contributed by atoms with Crippen LogP contribution in [0.3, 0.4) is 0 Å². The number of rotatable bonds is 4. The predicted octanol–water partition coefficient (Wildman–Crippen LogP) is 2.69. The number of hydrogen-bond acceptors (Lipinski definition) is 2. The van der Waals surface area contributed by atoms with Crippen LogP contribution in [0.2, 0.25) is 0 Å². The molecule has 0 spiro atoms. The predicted molar refractivity (Wildman–Crippen MR) is 75.2 cm³/mol. The van der Waals surface area contributed by atoms with Crippen LogP contribution in [0.5, 0.6) is 0 Å². The molecule has 0 saturated heterocycles. The van der Waals surface area contributed by atoms with E-state index in [2.05, 4.69) is 42.5 Å². The van der Waals surface area contributed by atoms with Crippen molar-refractivity contribution in [1.82, 2.24) is 9.55 Å². The first kappa shape index (κ1) is 12.8. The summed E-state index contributed by atoms with van der Waals surface area (Å²) in [6.07, 6.45) is 3.94. The molecule has 2 aromatic rings. The largest absolute Gasteiger partial charge is 0.330 e. The molecule has 96 valence electrons. The molecule has 3 nitrogen and oxygen atoms in total. The van der Waals surface area contributed by atoms with Gasteiger partial charge in [-0.25, -0.2) is 4.98 Å². The van der Waals surface area contributed by atoms with E-state index in [1.165, 1.54) is 22.5 Å². The fourth-order valence-corrected chi connectivity index (χ4v) is 2.37. The van der Waals surface area contributed by atoms with Crippen LogP contribution < -0.4 is 5.73 Å². The zero-order valence-electron chi connectivity index (χ0n) is 11.4. The monoisotopic (exact) mass is 243 g/mol. The highest BCUT2D eigenvalue weighted by Gasteiger charge is 2.10. The first-order valence-electron chi connectivity index (χ1n) is 6.44. The van der Waals surface area contributed by atoms with E-state index >= 15 is 0 Å². The van der Waals surface area contributed by atoms with E-state index in [0.717, 1.165) is 25.2 Å². The second kappa shape index (κ2) is 5.36. The van der Waals surface area contributed by atoms with Crippen LogP contribution >= 0.6 is 0 Å². The van der Waals surface area contributed by atoms with Crippen molar-refractivity contribution in [2.75, 3.05) is 6.54 Å². The Labute approximate surface area is 109 Å². The van der Waals surface area contributed by atoms with E-state index in [4.69, 9.17) is 5.73 Å². The zero-order valence-corrected chi connectivity index (χ0v) is 11.4. The van der Waals surface area contributed by atoms with Crippen molar-refractivity contribution in [3.63, 3.8) is 0 Å². The molecule has 2 aromatic heterocycles. The summed E-state index contributed by atoms with van der Waals surface area (Å²) in [6.45, 7) is 7.12. The Balaban J connectivity index is 2.42. The van der Waals surface area contributed by atoms with Crippen LogP contribution in [0.15, 0.2) is 24.4 Å². The first-order chi connectivity index (χ1) is 8.63. The fraction of sp³-hybridized carbons (Fsp3) is 0.400. The van der Waals surface area contributed by atoms with Gasteiger partial charge in [0.1, 0.15) is 5.82 Å². The molecule has 2 heterocycles. The SMILES string of the molecule is Cc1ccnc(-n2c(C)cc(CCCN)c2C)c1. The van der Waals surface area contributed by atoms with Crippen molar-refractivity contribution >= 4 is 0 Å². The Morgan fingerprint density at radius 1 is 1.22 bits per heavy atom. The topological polar surface area (TPSA) is 43.8 Å². The summed E-state index contributed by atoms with van der Waals surface area (Å²) in [6, 6.07) is 6.38. The molecule has 0 atom stereocenters. The minimum atomic E-state index is 0.742. The lowest BCUT2D eigenvalue weighted by Crippen LogP contribution is -2.04. The van der Waals surface area contributed by atoms with Gasteiger partial charge in [0.2, 0.25) is 0 Å². The number of aryl methyl sites for hydroxylation is 3. The fourth-order valence-electron chi connectivity index (χ4n) is 2.37. The lowest BCUT2D eigenvalue weighted by molar-refractivity contribution is 0.820. The van der Waals surface area contributed by atoms with Gasteiger partial charge in [-0.2, -0.15) is 0 Å². The molecule has 2 N–H and O–H groups in total. The van der Waals surface area contributed by atoms with Crippen molar-refractivity contribution in [2.45, 2.75) is 33.6 Å². The maximum absolute atomic E-state index is 5.58. The van der Waals surface area contributed by atoms with Gasteiger partial charge in [0.25, 0.3) is 0 Å². The lowest BCUT2D eigenvalue weighted by atomic mass is 10.1. The number of pyridine rings is 1. The average molecular weight is 243 g/mol. The van der Waals surface area contributed by atoms with E-state index in [1.54, 1.807) is 0 Å². The summed E-state index contributed by atoms with van der Waals surface area (Å²) in [5, 5.41) is 0. The third-order valence-electron chi connectivity index (χ3n) is 3.32. The molecule has 0 unspecified atom stereocenters. The number of hydrogen-bond donors (Lipinski definition) is 1. The van der Waals surface area contributed by atoms with Crippen LogP contribution in [0, 0.1) is 20.8 Å². The van der Waals surface area contributed by atoms with E-state index < -0.39 is 0 Å². The molecular formula is C15H21N3. The summed E-state index contributed by atoms with van der Waals surface area (Å²) in [4.78, 5) is 4.46. The Morgan fingerprint density at radius 3 is 2.67 bits per heavy atom. The standard InChI is InChI=1S/C15H21N3/c1-11-6-8-17-15(9-11)18-12(2)10-14(13(18)3)5-4-7-16/h6,8-10H,4-5,7,16H2,1-3H3. The molecule has 3 heteroatoms. The Morgan fingerprint density at radius 2 is 2.00 bits per heavy atom. The molecular weight excluding hydrogens is 222 g/mol. The molecule has 0 aromatic carbocycles. The summed E-state index contributed by atoms with van der Waals surface area (Å²) in [5.74, 6) is 1.00. The molecule has 0 fully saturated rings. The number of nitrogens with zero attached hydrogens (tertiary/aromatic N) is 2. The van der Waals surface area contributed by atoms with Gasteiger partial charge < -0.3 is 10.3 Å². The van der Waals surface area contributed by atoms with E-state index in [1.807, 2.05) is 12.3 Å². The molecule has 0 bridgehead atoms. The number of nitrogens with two attached hydrogens (primary N) is 1. The summed E-state index contributed by atoms with van der Waals surface area (Å²) in [5.41, 5.74) is 10.7. The zero-order chi connectivity index (χ0) is 13.1. The van der Waals surface area contributed by atoms with Gasteiger partial charge in [0.05, 0.1) is 0 Å². The van der Waals surface area contributed by atoms with Crippen molar-refractivity contribution in [3.05, 3.63) is 46.9 Å². The summed E-state index contributed by atoms with van der Waals surface area (Å²) >= 11 is 0. The molecule has 0 aliphatic heterocycles. The van der Waals surface area contributed by atoms with E-state index in [9.17, 15) is 0 Å². The molecule has 2 rings (SSSR count). The van der Waals surface area contributed by atoms with Crippen LogP contribution in [0.1, 0.15) is 28.9 Å². The van der Waals surface area contributed by atoms with Crippen molar-refractivity contribution in [3.8, 4) is 5.82 Å². The highest BCUT2D eigenvalue weighted by Crippen LogP contribution is 2.20. The minimum Gasteiger partial charge on any atom is -0.330 e. The Kier molecular flexibility index (Phi) is 3.82. The quantitative estimate of drug-likeness (QED) is 0.897. The summed E-state index contributed by atoms with van der Waals surface area (Å²) in [7, 11) is 0. The van der Waals surface area contributed by atoms with Crippen molar-refractivity contribution in [1.29, 1.82) is 0 Å². The van der Waals surface area contributed by atoms with Crippen LogP contribution in [-0.2, 0) is 6.42 Å².